The molecule has 0 radical (unpaired) electrons. The summed E-state index contributed by atoms with van der Waals surface area (Å²) in [5, 5.41) is 9.01. The topological polar surface area (TPSA) is 70.1 Å². The second kappa shape index (κ2) is 6.97. The minimum atomic E-state index is -0.714. The number of rotatable bonds is 3. The van der Waals surface area contributed by atoms with Crippen LogP contribution in [0.1, 0.15) is 19.8 Å². The molecule has 0 aromatic heterocycles. The molecule has 0 bridgehead atoms. The van der Waals surface area contributed by atoms with Gasteiger partial charge in [-0.25, -0.2) is 4.79 Å². The van der Waals surface area contributed by atoms with Gasteiger partial charge in [-0.1, -0.05) is 0 Å². The molecule has 2 aliphatic heterocycles. The lowest BCUT2D eigenvalue weighted by molar-refractivity contribution is -0.143. The normalized spacial score (nSPS) is 19.2. The molecule has 1 N–H and O–H groups in total. The Morgan fingerprint density at radius 2 is 2.05 bits per heavy atom. The molecule has 1 fully saturated rings. The number of allylic oxidation sites excluding steroid dienone is 3. The predicted octanol–water partition coefficient (Wildman–Crippen LogP) is 2.17. The van der Waals surface area contributed by atoms with Crippen LogP contribution in [0, 0.1) is 5.92 Å². The maximum atomic E-state index is 11.7. The Morgan fingerprint density at radius 1 is 1.33 bits per heavy atom. The van der Waals surface area contributed by atoms with Crippen LogP contribution in [0.2, 0.25) is 0 Å². The highest BCUT2D eigenvalue weighted by atomic mass is 16.5. The Bertz CT molecular complexity index is 488. The van der Waals surface area contributed by atoms with Gasteiger partial charge in [-0.15, -0.1) is 0 Å². The molecule has 0 saturated carbocycles. The van der Waals surface area contributed by atoms with E-state index in [1.807, 2.05) is 12.2 Å². The van der Waals surface area contributed by atoms with E-state index in [4.69, 9.17) is 9.84 Å². The summed E-state index contributed by atoms with van der Waals surface area (Å²) in [6.07, 6.45) is 9.73. The third-order valence-corrected chi connectivity index (χ3v) is 3.61. The monoisotopic (exact) mass is 292 g/mol. The van der Waals surface area contributed by atoms with E-state index in [-0.39, 0.29) is 5.92 Å². The number of ether oxygens (including phenoxy) is 1. The minimum Gasteiger partial charge on any atom is -0.481 e. The zero-order valence-electron chi connectivity index (χ0n) is 12.1. The number of carboxylic acid groups (broad SMARTS) is 1. The first-order chi connectivity index (χ1) is 10.1. The molecule has 21 heavy (non-hydrogen) atoms. The number of amides is 1. The van der Waals surface area contributed by atoms with Crippen LogP contribution in [0.25, 0.3) is 0 Å². The van der Waals surface area contributed by atoms with E-state index in [9.17, 15) is 9.59 Å². The number of piperidine rings is 1. The Hall–Kier alpha value is -2.24. The van der Waals surface area contributed by atoms with E-state index in [2.05, 4.69) is 4.90 Å². The molecule has 1 amide bonds. The Kier molecular flexibility index (Phi) is 5.03. The van der Waals surface area contributed by atoms with Crippen molar-refractivity contribution in [3.63, 3.8) is 0 Å². The van der Waals surface area contributed by atoms with Crippen LogP contribution in [0.5, 0.6) is 0 Å². The molecule has 6 heteroatoms. The van der Waals surface area contributed by atoms with Crippen molar-refractivity contribution >= 4 is 12.1 Å². The van der Waals surface area contributed by atoms with Crippen molar-refractivity contribution in [3.8, 4) is 0 Å². The standard InChI is InChI=1S/C15H20N2O4/c1-2-21-15(20)17-8-3-4-13(7-11-17)16-9-5-12(6-10-16)14(18)19/h3-4,7-8,11-12H,2,5-6,9-10H2,1H3,(H,18,19). The number of carbonyl (C=O) groups excluding carboxylic acids is 1. The first-order valence-electron chi connectivity index (χ1n) is 7.11. The number of carboxylic acids is 1. The van der Waals surface area contributed by atoms with Crippen LogP contribution in [-0.4, -0.2) is 46.7 Å². The molecule has 2 heterocycles. The van der Waals surface area contributed by atoms with Crippen molar-refractivity contribution in [2.24, 2.45) is 5.92 Å². The number of likely N-dealkylation sites (tertiary alicyclic amines) is 1. The van der Waals surface area contributed by atoms with Crippen LogP contribution in [-0.2, 0) is 9.53 Å². The number of carbonyl (C=O) groups is 2. The Balaban J connectivity index is 1.96. The summed E-state index contributed by atoms with van der Waals surface area (Å²) in [4.78, 5) is 26.1. The average molecular weight is 292 g/mol. The van der Waals surface area contributed by atoms with E-state index in [0.717, 1.165) is 5.70 Å². The maximum absolute atomic E-state index is 11.7. The zero-order valence-corrected chi connectivity index (χ0v) is 12.1. The molecule has 0 spiro atoms. The fraction of sp³-hybridized carbons (Fsp3) is 0.467. The molecule has 0 aromatic carbocycles. The van der Waals surface area contributed by atoms with Crippen LogP contribution in [0.4, 0.5) is 4.79 Å². The maximum Gasteiger partial charge on any atom is 0.417 e. The first-order valence-corrected chi connectivity index (χ1v) is 7.11. The molecule has 6 nitrogen and oxygen atoms in total. The van der Waals surface area contributed by atoms with Gasteiger partial charge in [0.2, 0.25) is 0 Å². The minimum absolute atomic E-state index is 0.247. The van der Waals surface area contributed by atoms with Crippen molar-refractivity contribution in [2.45, 2.75) is 19.8 Å². The summed E-state index contributed by atoms with van der Waals surface area (Å²) in [7, 11) is 0. The lowest BCUT2D eigenvalue weighted by atomic mass is 9.97. The van der Waals surface area contributed by atoms with E-state index >= 15 is 0 Å². The highest BCUT2D eigenvalue weighted by Crippen LogP contribution is 2.22. The van der Waals surface area contributed by atoms with E-state index in [0.29, 0.717) is 32.5 Å². The predicted molar refractivity (Wildman–Crippen MR) is 77.2 cm³/mol. The second-order valence-electron chi connectivity index (χ2n) is 4.95. The lowest BCUT2D eigenvalue weighted by Crippen LogP contribution is -2.35. The van der Waals surface area contributed by atoms with Crippen molar-refractivity contribution in [3.05, 3.63) is 36.3 Å². The van der Waals surface area contributed by atoms with E-state index < -0.39 is 12.1 Å². The zero-order chi connectivity index (χ0) is 15.2. The Morgan fingerprint density at radius 3 is 2.67 bits per heavy atom. The lowest BCUT2D eigenvalue weighted by Gasteiger charge is -2.32. The molecule has 2 aliphatic rings. The quantitative estimate of drug-likeness (QED) is 0.863. The van der Waals surface area contributed by atoms with E-state index in [1.165, 1.54) is 4.90 Å². The van der Waals surface area contributed by atoms with Gasteiger partial charge in [-0.3, -0.25) is 9.69 Å². The van der Waals surface area contributed by atoms with Gasteiger partial charge in [0.25, 0.3) is 0 Å². The average Bonchev–Trinajstić information content (AvgIpc) is 2.73. The fourth-order valence-electron chi connectivity index (χ4n) is 2.41. The van der Waals surface area contributed by atoms with Crippen LogP contribution in [0.3, 0.4) is 0 Å². The van der Waals surface area contributed by atoms with Gasteiger partial charge in [0, 0.05) is 31.2 Å². The molecule has 0 aromatic rings. The van der Waals surface area contributed by atoms with Crippen LogP contribution >= 0.6 is 0 Å². The van der Waals surface area contributed by atoms with Gasteiger partial charge in [0.1, 0.15) is 0 Å². The van der Waals surface area contributed by atoms with Gasteiger partial charge in [0.05, 0.1) is 12.5 Å². The third-order valence-electron chi connectivity index (χ3n) is 3.61. The summed E-state index contributed by atoms with van der Waals surface area (Å²) < 4.78 is 4.94. The van der Waals surface area contributed by atoms with Gasteiger partial charge >= 0.3 is 12.1 Å². The molecule has 114 valence electrons. The number of hydrogen-bond acceptors (Lipinski definition) is 4. The Labute approximate surface area is 124 Å². The summed E-state index contributed by atoms with van der Waals surface area (Å²) >= 11 is 0. The largest absolute Gasteiger partial charge is 0.481 e. The van der Waals surface area contributed by atoms with Crippen LogP contribution in [0.15, 0.2) is 36.3 Å². The SMILES string of the molecule is CCOC(=O)N1C=CC=C(N2CCC(C(=O)O)CC2)C=C1. The second-order valence-corrected chi connectivity index (χ2v) is 4.95. The molecule has 0 atom stereocenters. The summed E-state index contributed by atoms with van der Waals surface area (Å²) in [5.41, 5.74) is 0.974. The highest BCUT2D eigenvalue weighted by Gasteiger charge is 2.25. The molecule has 0 aliphatic carbocycles. The van der Waals surface area contributed by atoms with Gasteiger partial charge in [0.15, 0.2) is 0 Å². The first kappa shape index (κ1) is 15.2. The number of hydrogen-bond donors (Lipinski definition) is 1. The van der Waals surface area contributed by atoms with Gasteiger partial charge in [-0.2, -0.15) is 0 Å². The number of aliphatic carboxylic acids is 1. The molecular formula is C15H20N2O4. The van der Waals surface area contributed by atoms with Crippen molar-refractivity contribution in [1.29, 1.82) is 0 Å². The van der Waals surface area contributed by atoms with Crippen LogP contribution < -0.4 is 0 Å². The van der Waals surface area contributed by atoms with Gasteiger partial charge < -0.3 is 14.7 Å². The summed E-state index contributed by atoms with van der Waals surface area (Å²) in [5.74, 6) is -0.961. The van der Waals surface area contributed by atoms with Gasteiger partial charge in [-0.05, 0) is 38.0 Å². The van der Waals surface area contributed by atoms with Crippen molar-refractivity contribution in [2.75, 3.05) is 19.7 Å². The molecule has 0 unspecified atom stereocenters. The fourth-order valence-corrected chi connectivity index (χ4v) is 2.41. The third kappa shape index (κ3) is 3.87. The summed E-state index contributed by atoms with van der Waals surface area (Å²) in [6.45, 7) is 3.51. The molecule has 1 saturated heterocycles. The van der Waals surface area contributed by atoms with Crippen molar-refractivity contribution < 1.29 is 19.4 Å². The molecule has 2 rings (SSSR count). The van der Waals surface area contributed by atoms with E-state index in [1.54, 1.807) is 25.4 Å². The summed E-state index contributed by atoms with van der Waals surface area (Å²) in [6, 6.07) is 0. The molecular weight excluding hydrogens is 272 g/mol. The smallest absolute Gasteiger partial charge is 0.417 e. The van der Waals surface area contributed by atoms with Crippen molar-refractivity contribution in [1.82, 2.24) is 9.80 Å². The number of nitrogens with zero attached hydrogens (tertiary/aromatic N) is 2. The highest BCUT2D eigenvalue weighted by molar-refractivity contribution is 5.71.